The van der Waals surface area contributed by atoms with Gasteiger partial charge < -0.3 is 10.1 Å². The second-order valence-corrected chi connectivity index (χ2v) is 5.53. The molecular weight excluding hydrogens is 304 g/mol. The fourth-order valence-electron chi connectivity index (χ4n) is 2.32. The second-order valence-electron chi connectivity index (χ2n) is 4.60. The minimum atomic E-state index is 0.439. The van der Waals surface area contributed by atoms with Crippen LogP contribution in [0.4, 0.5) is 5.69 Å². The Bertz CT molecular complexity index is 743. The fraction of sp³-hybridized carbons (Fsp3) is 0.125. The lowest BCUT2D eigenvalue weighted by Gasteiger charge is -2.13. The Morgan fingerprint density at radius 1 is 1.19 bits per heavy atom. The number of halogens is 1. The summed E-state index contributed by atoms with van der Waals surface area (Å²) in [6.07, 6.45) is 0. The minimum Gasteiger partial charge on any atom is -0.496 e. The smallest absolute Gasteiger partial charge is 0.128 e. The lowest BCUT2D eigenvalue weighted by Crippen LogP contribution is -2.10. The van der Waals surface area contributed by atoms with Crippen LogP contribution in [0, 0.1) is 0 Å². The molecule has 0 saturated carbocycles. The first kappa shape index (κ1) is 14.0. The van der Waals surface area contributed by atoms with Gasteiger partial charge in [-0.25, -0.2) is 0 Å². The average molecular weight is 317 g/mol. The summed E-state index contributed by atoms with van der Waals surface area (Å²) in [5.41, 5.74) is 3.59. The highest BCUT2D eigenvalue weighted by molar-refractivity contribution is 7.80. The van der Waals surface area contributed by atoms with Crippen molar-refractivity contribution in [1.82, 2.24) is 0 Å². The third-order valence-electron chi connectivity index (χ3n) is 3.25. The molecular formula is C16H13ClN2OS. The van der Waals surface area contributed by atoms with E-state index in [1.165, 1.54) is 0 Å². The first-order valence-electron chi connectivity index (χ1n) is 6.46. The number of nitrogens with one attached hydrogen (secondary N) is 1. The monoisotopic (exact) mass is 316 g/mol. The Labute approximate surface area is 133 Å². The molecule has 0 spiro atoms. The van der Waals surface area contributed by atoms with E-state index in [-0.39, 0.29) is 0 Å². The Balaban J connectivity index is 2.22. The van der Waals surface area contributed by atoms with Crippen molar-refractivity contribution in [2.24, 2.45) is 4.99 Å². The number of aliphatic imine (C=N–C) groups is 1. The second kappa shape index (κ2) is 5.84. The van der Waals surface area contributed by atoms with Crippen LogP contribution in [0.25, 0.3) is 0 Å². The maximum atomic E-state index is 6.15. The molecule has 2 aromatic rings. The van der Waals surface area contributed by atoms with Crippen LogP contribution in [0.3, 0.4) is 0 Å². The van der Waals surface area contributed by atoms with Crippen LogP contribution < -0.4 is 10.1 Å². The van der Waals surface area contributed by atoms with Gasteiger partial charge in [-0.15, -0.1) is 0 Å². The maximum absolute atomic E-state index is 6.15. The Hall–Kier alpha value is -1.91. The highest BCUT2D eigenvalue weighted by Gasteiger charge is 2.19. The van der Waals surface area contributed by atoms with Crippen molar-refractivity contribution >= 4 is 40.2 Å². The van der Waals surface area contributed by atoms with E-state index in [0.717, 1.165) is 28.3 Å². The van der Waals surface area contributed by atoms with Crippen molar-refractivity contribution in [3.63, 3.8) is 0 Å². The summed E-state index contributed by atoms with van der Waals surface area (Å²) >= 11 is 11.4. The molecule has 1 aliphatic rings. The summed E-state index contributed by atoms with van der Waals surface area (Å²) in [4.78, 5) is 5.32. The molecule has 1 heterocycles. The number of hydrogen-bond donors (Lipinski definition) is 1. The van der Waals surface area contributed by atoms with Crippen molar-refractivity contribution in [3.8, 4) is 5.75 Å². The largest absolute Gasteiger partial charge is 0.496 e. The molecule has 0 aliphatic carbocycles. The van der Waals surface area contributed by atoms with E-state index in [2.05, 4.69) is 10.3 Å². The Morgan fingerprint density at radius 3 is 2.81 bits per heavy atom. The van der Waals surface area contributed by atoms with E-state index in [1.54, 1.807) is 7.11 Å². The molecule has 2 aromatic carbocycles. The Morgan fingerprint density at radius 2 is 2.00 bits per heavy atom. The number of nitrogens with zero attached hydrogens (tertiary/aromatic N) is 1. The van der Waals surface area contributed by atoms with Gasteiger partial charge in [-0.2, -0.15) is 0 Å². The van der Waals surface area contributed by atoms with Gasteiger partial charge in [-0.1, -0.05) is 36.0 Å². The van der Waals surface area contributed by atoms with Crippen LogP contribution in [0.2, 0.25) is 5.02 Å². The lowest BCUT2D eigenvalue weighted by atomic mass is 10.00. The third kappa shape index (κ3) is 2.77. The average Bonchev–Trinajstić information content (AvgIpc) is 2.65. The molecule has 0 aromatic heterocycles. The highest BCUT2D eigenvalue weighted by atomic mass is 35.5. The number of rotatable bonds is 2. The van der Waals surface area contributed by atoms with Crippen molar-refractivity contribution in [3.05, 3.63) is 58.6 Å². The first-order chi connectivity index (χ1) is 10.2. The molecule has 3 nitrogen and oxygen atoms in total. The van der Waals surface area contributed by atoms with Gasteiger partial charge in [0, 0.05) is 21.8 Å². The number of ether oxygens (including phenoxy) is 1. The number of para-hydroxylation sites is 1. The molecule has 1 aliphatic heterocycles. The summed E-state index contributed by atoms with van der Waals surface area (Å²) in [6.45, 7) is 0.439. The quantitative estimate of drug-likeness (QED) is 0.852. The van der Waals surface area contributed by atoms with Crippen LogP contribution in [0.15, 0.2) is 47.5 Å². The molecule has 21 heavy (non-hydrogen) atoms. The number of benzodiazepines with no additional fused rings is 1. The van der Waals surface area contributed by atoms with E-state index in [9.17, 15) is 0 Å². The summed E-state index contributed by atoms with van der Waals surface area (Å²) in [6, 6.07) is 13.4. The molecule has 106 valence electrons. The lowest BCUT2D eigenvalue weighted by molar-refractivity contribution is 0.414. The molecule has 0 fully saturated rings. The summed E-state index contributed by atoms with van der Waals surface area (Å²) < 4.78 is 5.44. The van der Waals surface area contributed by atoms with Crippen LogP contribution >= 0.6 is 23.8 Å². The molecule has 0 unspecified atom stereocenters. The van der Waals surface area contributed by atoms with Crippen LogP contribution in [0.5, 0.6) is 5.75 Å². The minimum absolute atomic E-state index is 0.439. The predicted octanol–water partition coefficient (Wildman–Crippen LogP) is 3.94. The van der Waals surface area contributed by atoms with Gasteiger partial charge in [-0.05, 0) is 30.3 Å². The maximum Gasteiger partial charge on any atom is 0.128 e. The number of benzene rings is 2. The summed E-state index contributed by atoms with van der Waals surface area (Å²) in [7, 11) is 1.65. The van der Waals surface area contributed by atoms with Gasteiger partial charge in [-0.3, -0.25) is 4.99 Å². The van der Waals surface area contributed by atoms with Gasteiger partial charge in [0.05, 0.1) is 19.4 Å². The zero-order chi connectivity index (χ0) is 14.8. The van der Waals surface area contributed by atoms with Crippen molar-refractivity contribution < 1.29 is 4.74 Å². The van der Waals surface area contributed by atoms with E-state index in [1.807, 2.05) is 42.5 Å². The number of methoxy groups -OCH3 is 1. The van der Waals surface area contributed by atoms with Crippen LogP contribution in [-0.2, 0) is 0 Å². The standard InChI is InChI=1S/C16H13ClN2OS/c1-20-14-5-3-2-4-11(14)16-12-8-10(17)6-7-13(12)19-15(21)9-18-16/h2-8H,9H2,1H3,(H,19,21). The Kier molecular flexibility index (Phi) is 3.90. The number of anilines is 1. The zero-order valence-corrected chi connectivity index (χ0v) is 13.0. The number of thiocarbonyl (C=S) groups is 1. The third-order valence-corrected chi connectivity index (χ3v) is 3.72. The van der Waals surface area contributed by atoms with Crippen molar-refractivity contribution in [2.45, 2.75) is 0 Å². The SMILES string of the molecule is COc1ccccc1C1=NCC(=S)Nc2ccc(Cl)cc21. The molecule has 0 bridgehead atoms. The molecule has 0 amide bonds. The number of fused-ring (bicyclic) bond motifs is 1. The van der Waals surface area contributed by atoms with E-state index in [4.69, 9.17) is 28.6 Å². The molecule has 1 N–H and O–H groups in total. The van der Waals surface area contributed by atoms with Crippen LogP contribution in [0.1, 0.15) is 11.1 Å². The molecule has 3 rings (SSSR count). The molecule has 0 saturated heterocycles. The molecule has 0 radical (unpaired) electrons. The van der Waals surface area contributed by atoms with E-state index >= 15 is 0 Å². The van der Waals surface area contributed by atoms with Gasteiger partial charge in [0.2, 0.25) is 0 Å². The highest BCUT2D eigenvalue weighted by Crippen LogP contribution is 2.29. The van der Waals surface area contributed by atoms with E-state index < -0.39 is 0 Å². The van der Waals surface area contributed by atoms with Crippen LogP contribution in [-0.4, -0.2) is 24.4 Å². The number of hydrogen-bond acceptors (Lipinski definition) is 3. The van der Waals surface area contributed by atoms with Gasteiger partial charge >= 0.3 is 0 Å². The molecule has 0 atom stereocenters. The van der Waals surface area contributed by atoms with Gasteiger partial charge in [0.1, 0.15) is 10.7 Å². The first-order valence-corrected chi connectivity index (χ1v) is 7.25. The molecule has 5 heteroatoms. The van der Waals surface area contributed by atoms with Gasteiger partial charge in [0.25, 0.3) is 0 Å². The topological polar surface area (TPSA) is 33.6 Å². The fourth-order valence-corrected chi connectivity index (χ4v) is 2.66. The summed E-state index contributed by atoms with van der Waals surface area (Å²) in [5.74, 6) is 0.773. The van der Waals surface area contributed by atoms with E-state index in [0.29, 0.717) is 16.6 Å². The predicted molar refractivity (Wildman–Crippen MR) is 91.2 cm³/mol. The van der Waals surface area contributed by atoms with Gasteiger partial charge in [0.15, 0.2) is 0 Å². The van der Waals surface area contributed by atoms with Crippen molar-refractivity contribution in [2.75, 3.05) is 19.0 Å². The zero-order valence-electron chi connectivity index (χ0n) is 11.4. The van der Waals surface area contributed by atoms with Crippen molar-refractivity contribution in [1.29, 1.82) is 0 Å². The normalized spacial score (nSPS) is 13.8. The summed E-state index contributed by atoms with van der Waals surface area (Å²) in [5, 5.41) is 3.86.